The molecule has 0 unspecified atom stereocenters. The fourth-order valence-electron chi connectivity index (χ4n) is 1.81. The number of aromatic amines is 1. The molecular weight excluding hydrogens is 218 g/mol. The Balaban J connectivity index is 2.37. The summed E-state index contributed by atoms with van der Waals surface area (Å²) in [6.45, 7) is 4.92. The van der Waals surface area contributed by atoms with Crippen LogP contribution in [0.2, 0.25) is 0 Å². The molecule has 0 atom stereocenters. The van der Waals surface area contributed by atoms with Crippen LogP contribution in [0, 0.1) is 11.7 Å². The highest BCUT2D eigenvalue weighted by Crippen LogP contribution is 2.12. The van der Waals surface area contributed by atoms with Gasteiger partial charge in [0, 0.05) is 0 Å². The highest BCUT2D eigenvalue weighted by molar-refractivity contribution is 7.71. The van der Waals surface area contributed by atoms with E-state index in [0.717, 1.165) is 18.8 Å². The highest BCUT2D eigenvalue weighted by Gasteiger charge is 2.04. The van der Waals surface area contributed by atoms with Crippen LogP contribution in [0.25, 0.3) is 0 Å². The zero-order valence-corrected chi connectivity index (χ0v) is 10.3. The fraction of sp³-hybridized carbons (Fsp3) is 0.333. The van der Waals surface area contributed by atoms with Gasteiger partial charge in [0.25, 0.3) is 0 Å². The first kappa shape index (κ1) is 11.1. The third-order valence-corrected chi connectivity index (χ3v) is 3.09. The van der Waals surface area contributed by atoms with Gasteiger partial charge in [-0.05, 0) is 36.7 Å². The number of aromatic nitrogens is 3. The normalized spacial score (nSPS) is 10.6. The van der Waals surface area contributed by atoms with Gasteiger partial charge in [-0.25, -0.2) is 0 Å². The van der Waals surface area contributed by atoms with Crippen LogP contribution < -0.4 is 0 Å². The van der Waals surface area contributed by atoms with Gasteiger partial charge in [-0.15, -0.1) is 0 Å². The van der Waals surface area contributed by atoms with E-state index in [4.69, 9.17) is 12.2 Å². The van der Waals surface area contributed by atoms with E-state index in [-0.39, 0.29) is 0 Å². The average Bonchev–Trinajstić information content (AvgIpc) is 2.61. The Hall–Kier alpha value is -1.42. The number of H-pyrrole nitrogens is 1. The topological polar surface area (TPSA) is 33.6 Å². The molecule has 2 aromatic rings. The van der Waals surface area contributed by atoms with Gasteiger partial charge in [-0.2, -0.15) is 5.10 Å². The maximum absolute atomic E-state index is 5.20. The predicted molar refractivity (Wildman–Crippen MR) is 67.1 cm³/mol. The van der Waals surface area contributed by atoms with Gasteiger partial charge < -0.3 is 0 Å². The monoisotopic (exact) mass is 233 g/mol. The molecule has 0 fully saturated rings. The minimum atomic E-state index is 0.684. The van der Waals surface area contributed by atoms with E-state index in [0.29, 0.717) is 4.77 Å². The van der Waals surface area contributed by atoms with Crippen molar-refractivity contribution in [1.29, 1.82) is 0 Å². The molecule has 0 aliphatic heterocycles. The summed E-state index contributed by atoms with van der Waals surface area (Å²) in [6.07, 6.45) is 1.04. The SMILES string of the molecule is CCc1ccccc1Cn1c(C)n[nH]c1=S. The van der Waals surface area contributed by atoms with Crippen molar-refractivity contribution in [2.24, 2.45) is 0 Å². The maximum atomic E-state index is 5.20. The molecule has 2 rings (SSSR count). The lowest BCUT2D eigenvalue weighted by atomic mass is 10.1. The van der Waals surface area contributed by atoms with Gasteiger partial charge in [-0.3, -0.25) is 9.67 Å². The Bertz CT molecular complexity index is 539. The second kappa shape index (κ2) is 4.61. The minimum absolute atomic E-state index is 0.684. The Labute approximate surface area is 100 Å². The van der Waals surface area contributed by atoms with Crippen molar-refractivity contribution in [3.8, 4) is 0 Å². The Morgan fingerprint density at radius 3 is 2.56 bits per heavy atom. The third kappa shape index (κ3) is 2.07. The van der Waals surface area contributed by atoms with Crippen LogP contribution in [0.1, 0.15) is 23.9 Å². The van der Waals surface area contributed by atoms with Crippen molar-refractivity contribution in [1.82, 2.24) is 14.8 Å². The van der Waals surface area contributed by atoms with Crippen molar-refractivity contribution >= 4 is 12.2 Å². The standard InChI is InChI=1S/C12H15N3S/c1-3-10-6-4-5-7-11(10)8-15-9(2)13-14-12(15)16/h4-7H,3,8H2,1-2H3,(H,14,16). The van der Waals surface area contributed by atoms with Gasteiger partial charge >= 0.3 is 0 Å². The summed E-state index contributed by atoms with van der Waals surface area (Å²) in [5.41, 5.74) is 2.68. The van der Waals surface area contributed by atoms with Crippen LogP contribution in [-0.2, 0) is 13.0 Å². The second-order valence-electron chi connectivity index (χ2n) is 3.78. The molecule has 4 heteroatoms. The first-order valence-electron chi connectivity index (χ1n) is 5.41. The molecular formula is C12H15N3S. The smallest absolute Gasteiger partial charge is 0.195 e. The molecule has 0 aliphatic carbocycles. The zero-order chi connectivity index (χ0) is 11.5. The van der Waals surface area contributed by atoms with Crippen molar-refractivity contribution in [3.05, 3.63) is 46.0 Å². The molecule has 0 radical (unpaired) electrons. The van der Waals surface area contributed by atoms with Gasteiger partial charge in [0.1, 0.15) is 5.82 Å². The van der Waals surface area contributed by atoms with Gasteiger partial charge in [0.2, 0.25) is 0 Å². The fourth-order valence-corrected chi connectivity index (χ4v) is 2.05. The van der Waals surface area contributed by atoms with Crippen molar-refractivity contribution in [2.75, 3.05) is 0 Å². The molecule has 1 aromatic carbocycles. The molecule has 1 N–H and O–H groups in total. The molecule has 3 nitrogen and oxygen atoms in total. The molecule has 16 heavy (non-hydrogen) atoms. The van der Waals surface area contributed by atoms with Gasteiger partial charge in [-0.1, -0.05) is 31.2 Å². The first-order valence-corrected chi connectivity index (χ1v) is 5.81. The first-order chi connectivity index (χ1) is 7.72. The molecule has 0 amide bonds. The number of benzene rings is 1. The number of hydrogen-bond donors (Lipinski definition) is 1. The lowest BCUT2D eigenvalue weighted by Gasteiger charge is -2.08. The number of aryl methyl sites for hydroxylation is 2. The Morgan fingerprint density at radius 2 is 2.00 bits per heavy atom. The van der Waals surface area contributed by atoms with E-state index >= 15 is 0 Å². The van der Waals surface area contributed by atoms with Crippen LogP contribution in [0.4, 0.5) is 0 Å². The third-order valence-electron chi connectivity index (χ3n) is 2.78. The summed E-state index contributed by atoms with van der Waals surface area (Å²) >= 11 is 5.20. The number of rotatable bonds is 3. The quantitative estimate of drug-likeness (QED) is 0.827. The van der Waals surface area contributed by atoms with E-state index in [1.165, 1.54) is 11.1 Å². The minimum Gasteiger partial charge on any atom is -0.300 e. The number of nitrogens with zero attached hydrogens (tertiary/aromatic N) is 2. The van der Waals surface area contributed by atoms with Crippen molar-refractivity contribution in [3.63, 3.8) is 0 Å². The summed E-state index contributed by atoms with van der Waals surface area (Å²) in [7, 11) is 0. The molecule has 0 saturated heterocycles. The Morgan fingerprint density at radius 1 is 1.31 bits per heavy atom. The van der Waals surface area contributed by atoms with E-state index in [1.54, 1.807) is 0 Å². The van der Waals surface area contributed by atoms with Crippen LogP contribution in [-0.4, -0.2) is 14.8 Å². The largest absolute Gasteiger partial charge is 0.300 e. The lowest BCUT2D eigenvalue weighted by Crippen LogP contribution is -2.04. The maximum Gasteiger partial charge on any atom is 0.195 e. The van der Waals surface area contributed by atoms with Crippen LogP contribution in [0.15, 0.2) is 24.3 Å². The van der Waals surface area contributed by atoms with Crippen molar-refractivity contribution in [2.45, 2.75) is 26.8 Å². The summed E-state index contributed by atoms with van der Waals surface area (Å²) in [4.78, 5) is 0. The van der Waals surface area contributed by atoms with Gasteiger partial charge in [0.15, 0.2) is 4.77 Å². The summed E-state index contributed by atoms with van der Waals surface area (Å²) < 4.78 is 2.70. The average molecular weight is 233 g/mol. The lowest BCUT2D eigenvalue weighted by molar-refractivity contribution is 0.743. The van der Waals surface area contributed by atoms with Crippen LogP contribution in [0.5, 0.6) is 0 Å². The highest BCUT2D eigenvalue weighted by atomic mass is 32.1. The van der Waals surface area contributed by atoms with E-state index in [2.05, 4.69) is 41.4 Å². The molecule has 0 saturated carbocycles. The second-order valence-corrected chi connectivity index (χ2v) is 4.17. The van der Waals surface area contributed by atoms with E-state index in [9.17, 15) is 0 Å². The summed E-state index contributed by atoms with van der Waals surface area (Å²) in [5, 5.41) is 6.92. The van der Waals surface area contributed by atoms with Gasteiger partial charge in [0.05, 0.1) is 6.54 Å². The Kier molecular flexibility index (Phi) is 3.19. The predicted octanol–water partition coefficient (Wildman–Crippen LogP) is 2.86. The summed E-state index contributed by atoms with van der Waals surface area (Å²) in [6, 6.07) is 8.44. The number of hydrogen-bond acceptors (Lipinski definition) is 2. The molecule has 84 valence electrons. The van der Waals surface area contributed by atoms with E-state index in [1.807, 2.05) is 11.5 Å². The van der Waals surface area contributed by atoms with Crippen LogP contribution in [0.3, 0.4) is 0 Å². The number of nitrogens with one attached hydrogen (secondary N) is 1. The summed E-state index contributed by atoms with van der Waals surface area (Å²) in [5.74, 6) is 0.927. The van der Waals surface area contributed by atoms with E-state index < -0.39 is 0 Å². The molecule has 1 aromatic heterocycles. The van der Waals surface area contributed by atoms with Crippen molar-refractivity contribution < 1.29 is 0 Å². The molecule has 1 heterocycles. The molecule has 0 aliphatic rings. The van der Waals surface area contributed by atoms with Crippen LogP contribution >= 0.6 is 12.2 Å². The molecule has 0 bridgehead atoms. The zero-order valence-electron chi connectivity index (χ0n) is 9.53. The molecule has 0 spiro atoms.